The van der Waals surface area contributed by atoms with Crippen LogP contribution in [-0.4, -0.2) is 36.9 Å². The van der Waals surface area contributed by atoms with Crippen molar-refractivity contribution < 1.29 is 19.5 Å². The van der Waals surface area contributed by atoms with Crippen molar-refractivity contribution in [1.82, 2.24) is 0 Å². The minimum atomic E-state index is -0.316. The van der Waals surface area contributed by atoms with Gasteiger partial charge in [0.1, 0.15) is 37.0 Å². The fraction of sp³-hybridized carbons (Fsp3) is 0.650. The standard InChI is InChI=1S/C20H27N3O3/c1-13(2)19-9-21-11-20(14(3)4,18(19)24)12-22(10-19)17(21)15-6-5-7-16(8-15)23(25)26/h5-8,13-14,17H,9-12H2,1-4H3/p+2. The SMILES string of the molecule is CC(C)C12C[NH+]3CC(C(C)C)(C[NH+](C1)C3c1cccc([N+](=O)[O-])c1)C2=O. The third-order valence-electron chi connectivity index (χ3n) is 7.52. The summed E-state index contributed by atoms with van der Waals surface area (Å²) in [5, 5.41) is 11.2. The van der Waals surface area contributed by atoms with Crippen LogP contribution in [0.3, 0.4) is 0 Å². The first-order valence-electron chi connectivity index (χ1n) is 9.70. The molecule has 0 unspecified atom stereocenters. The fourth-order valence-corrected chi connectivity index (χ4v) is 6.01. The van der Waals surface area contributed by atoms with Crippen LogP contribution in [0.2, 0.25) is 0 Å². The van der Waals surface area contributed by atoms with E-state index in [0.29, 0.717) is 17.6 Å². The molecule has 2 N–H and O–H groups in total. The number of hydrogen-bond acceptors (Lipinski definition) is 3. The van der Waals surface area contributed by atoms with Gasteiger partial charge in [0.15, 0.2) is 5.78 Å². The molecule has 4 heterocycles. The summed E-state index contributed by atoms with van der Waals surface area (Å²) in [6.07, 6.45) is 0.196. The summed E-state index contributed by atoms with van der Waals surface area (Å²) in [5.41, 5.74) is 0.699. The number of nitro benzene ring substituents is 1. The summed E-state index contributed by atoms with van der Waals surface area (Å²) in [6.45, 7) is 12.2. The molecule has 6 heteroatoms. The second kappa shape index (κ2) is 5.60. The Hall–Kier alpha value is -1.79. The number of benzene rings is 1. The molecule has 6 nitrogen and oxygen atoms in total. The van der Waals surface area contributed by atoms with Crippen molar-refractivity contribution in [2.24, 2.45) is 22.7 Å². The molecule has 0 amide bonds. The van der Waals surface area contributed by atoms with Gasteiger partial charge in [0.2, 0.25) is 6.17 Å². The van der Waals surface area contributed by atoms with E-state index in [2.05, 4.69) is 27.7 Å². The van der Waals surface area contributed by atoms with Gasteiger partial charge >= 0.3 is 0 Å². The van der Waals surface area contributed by atoms with Crippen LogP contribution in [0.1, 0.15) is 39.4 Å². The molecule has 4 saturated heterocycles. The van der Waals surface area contributed by atoms with Gasteiger partial charge in [-0.25, -0.2) is 0 Å². The maximum Gasteiger partial charge on any atom is 0.270 e. The van der Waals surface area contributed by atoms with Gasteiger partial charge in [0, 0.05) is 12.1 Å². The Labute approximate surface area is 154 Å². The Morgan fingerprint density at radius 1 is 1.04 bits per heavy atom. The van der Waals surface area contributed by atoms with Crippen molar-refractivity contribution in [2.45, 2.75) is 33.9 Å². The summed E-state index contributed by atoms with van der Waals surface area (Å²) >= 11 is 0. The van der Waals surface area contributed by atoms with E-state index in [1.165, 1.54) is 9.80 Å². The van der Waals surface area contributed by atoms with Gasteiger partial charge in [0.05, 0.1) is 10.5 Å². The van der Waals surface area contributed by atoms with E-state index in [4.69, 9.17) is 0 Å². The summed E-state index contributed by atoms with van der Waals surface area (Å²) in [7, 11) is 0. The minimum Gasteiger partial charge on any atom is -0.297 e. The lowest BCUT2D eigenvalue weighted by molar-refractivity contribution is -1.18. The second-order valence-electron chi connectivity index (χ2n) is 9.26. The number of piperidine rings is 2. The molecule has 0 atom stereocenters. The highest BCUT2D eigenvalue weighted by Gasteiger charge is 2.72. The summed E-state index contributed by atoms with van der Waals surface area (Å²) < 4.78 is 0. The van der Waals surface area contributed by atoms with Crippen LogP contribution in [0.15, 0.2) is 24.3 Å². The van der Waals surface area contributed by atoms with Crippen molar-refractivity contribution in [2.75, 3.05) is 26.2 Å². The Morgan fingerprint density at radius 3 is 1.96 bits per heavy atom. The maximum atomic E-state index is 13.6. The number of Topliss-reactive ketones (excluding diaryl/α,β-unsaturated/α-hetero) is 1. The zero-order valence-electron chi connectivity index (χ0n) is 16.0. The highest BCUT2D eigenvalue weighted by Crippen LogP contribution is 2.45. The second-order valence-corrected chi connectivity index (χ2v) is 9.26. The number of non-ortho nitro benzene ring substituents is 1. The first kappa shape index (κ1) is 17.6. The number of ketones is 1. The zero-order valence-corrected chi connectivity index (χ0v) is 16.0. The number of carbonyl (C=O) groups excluding carboxylic acids is 1. The predicted octanol–water partition coefficient (Wildman–Crippen LogP) is 0.258. The topological polar surface area (TPSA) is 69.1 Å². The van der Waals surface area contributed by atoms with Crippen LogP contribution in [0.25, 0.3) is 0 Å². The van der Waals surface area contributed by atoms with Crippen molar-refractivity contribution in [3.8, 4) is 0 Å². The van der Waals surface area contributed by atoms with Gasteiger partial charge in [-0.15, -0.1) is 0 Å². The molecule has 140 valence electrons. The first-order valence-corrected chi connectivity index (χ1v) is 9.70. The highest BCUT2D eigenvalue weighted by molar-refractivity contribution is 5.92. The number of nitrogens with one attached hydrogen (secondary N) is 2. The van der Waals surface area contributed by atoms with E-state index in [1.807, 2.05) is 6.07 Å². The highest BCUT2D eigenvalue weighted by atomic mass is 16.6. The van der Waals surface area contributed by atoms with E-state index in [-0.39, 0.29) is 27.6 Å². The van der Waals surface area contributed by atoms with Crippen molar-refractivity contribution in [1.29, 1.82) is 0 Å². The molecule has 0 spiro atoms. The molecule has 0 aliphatic carbocycles. The third-order valence-corrected chi connectivity index (χ3v) is 7.52. The van der Waals surface area contributed by atoms with Crippen molar-refractivity contribution in [3.63, 3.8) is 0 Å². The van der Waals surface area contributed by atoms with E-state index in [9.17, 15) is 14.9 Å². The number of rotatable bonds is 4. The third kappa shape index (κ3) is 2.15. The molecule has 1 aromatic carbocycles. The Morgan fingerprint density at radius 2 is 1.54 bits per heavy atom. The van der Waals surface area contributed by atoms with Crippen LogP contribution in [0.4, 0.5) is 5.69 Å². The minimum absolute atomic E-state index is 0.158. The molecule has 4 bridgehead atoms. The molecule has 1 aromatic rings. The monoisotopic (exact) mass is 359 g/mol. The molecule has 4 fully saturated rings. The van der Waals surface area contributed by atoms with Crippen LogP contribution < -0.4 is 9.80 Å². The summed E-state index contributed by atoms with van der Waals surface area (Å²) in [6, 6.07) is 7.11. The molecule has 0 saturated carbocycles. The van der Waals surface area contributed by atoms with Crippen molar-refractivity contribution in [3.05, 3.63) is 39.9 Å². The Bertz CT molecular complexity index is 727. The van der Waals surface area contributed by atoms with Gasteiger partial charge in [-0.2, -0.15) is 0 Å². The van der Waals surface area contributed by atoms with Gasteiger partial charge in [-0.1, -0.05) is 33.8 Å². The quantitative estimate of drug-likeness (QED) is 0.598. The molecule has 26 heavy (non-hydrogen) atoms. The lowest BCUT2D eigenvalue weighted by Crippen LogP contribution is -3.41. The lowest BCUT2D eigenvalue weighted by atomic mass is 9.53. The lowest BCUT2D eigenvalue weighted by Gasteiger charge is -2.62. The molecular weight excluding hydrogens is 330 g/mol. The molecule has 4 aliphatic heterocycles. The van der Waals surface area contributed by atoms with Crippen LogP contribution in [0, 0.1) is 32.8 Å². The number of quaternary nitrogens is 2. The van der Waals surface area contributed by atoms with Crippen molar-refractivity contribution >= 4 is 11.5 Å². The Kier molecular flexibility index (Phi) is 3.80. The molecule has 4 aliphatic rings. The number of carbonyl (C=O) groups is 1. The normalized spacial score (nSPS) is 38.4. The maximum absolute atomic E-state index is 13.6. The van der Waals surface area contributed by atoms with Crippen LogP contribution in [0.5, 0.6) is 0 Å². The predicted molar refractivity (Wildman–Crippen MR) is 96.8 cm³/mol. The molecule has 0 radical (unpaired) electrons. The van der Waals surface area contributed by atoms with Crippen LogP contribution >= 0.6 is 0 Å². The molecule has 5 rings (SSSR count). The van der Waals surface area contributed by atoms with Gasteiger partial charge in [-0.3, -0.25) is 24.7 Å². The number of hydrogen-bond donors (Lipinski definition) is 2. The smallest absolute Gasteiger partial charge is 0.270 e. The first-order chi connectivity index (χ1) is 12.2. The molecule has 0 aromatic heterocycles. The largest absolute Gasteiger partial charge is 0.297 e. The average Bonchev–Trinajstić information content (AvgIpc) is 2.58. The summed E-state index contributed by atoms with van der Waals surface area (Å²) in [5.74, 6) is 1.13. The van der Waals surface area contributed by atoms with Gasteiger partial charge in [0.25, 0.3) is 5.69 Å². The number of nitro groups is 1. The Balaban J connectivity index is 1.78. The number of nitrogens with zero attached hydrogens (tertiary/aromatic N) is 1. The fourth-order valence-electron chi connectivity index (χ4n) is 6.01. The van der Waals surface area contributed by atoms with Gasteiger partial charge < -0.3 is 0 Å². The van der Waals surface area contributed by atoms with Gasteiger partial charge in [-0.05, 0) is 17.9 Å². The van der Waals surface area contributed by atoms with E-state index in [0.717, 1.165) is 31.7 Å². The van der Waals surface area contributed by atoms with E-state index >= 15 is 0 Å². The molecular formula is C20H29N3O3+2. The summed E-state index contributed by atoms with van der Waals surface area (Å²) in [4.78, 5) is 27.3. The average molecular weight is 359 g/mol. The van der Waals surface area contributed by atoms with E-state index < -0.39 is 0 Å². The zero-order chi connectivity index (χ0) is 18.9. The van der Waals surface area contributed by atoms with E-state index in [1.54, 1.807) is 18.2 Å². The van der Waals surface area contributed by atoms with Crippen LogP contribution in [-0.2, 0) is 4.79 Å².